The van der Waals surface area contributed by atoms with Crippen molar-refractivity contribution >= 4 is 23.5 Å². The molecule has 5 heteroatoms. The van der Waals surface area contributed by atoms with E-state index in [4.69, 9.17) is 16.3 Å². The Morgan fingerprint density at radius 2 is 2.00 bits per heavy atom. The molecule has 0 spiro atoms. The Bertz CT molecular complexity index is 381. The fraction of sp³-hybridized carbons (Fsp3) is 0.333. The Morgan fingerprint density at radius 3 is 2.59 bits per heavy atom. The molecule has 17 heavy (non-hydrogen) atoms. The number of carbonyl (C=O) groups is 2. The molecule has 4 nitrogen and oxygen atoms in total. The topological polar surface area (TPSA) is 55.4 Å². The van der Waals surface area contributed by atoms with Crippen molar-refractivity contribution in [3.05, 3.63) is 35.9 Å². The highest BCUT2D eigenvalue weighted by Crippen LogP contribution is 2.01. The van der Waals surface area contributed by atoms with Gasteiger partial charge in [0.2, 0.25) is 5.91 Å². The van der Waals surface area contributed by atoms with Crippen LogP contribution in [0.2, 0.25) is 0 Å². The molecule has 92 valence electrons. The molecule has 0 aromatic heterocycles. The molecule has 1 rings (SSSR count). The molecule has 0 aliphatic heterocycles. The Labute approximate surface area is 105 Å². The zero-order valence-corrected chi connectivity index (χ0v) is 10.2. The van der Waals surface area contributed by atoms with Gasteiger partial charge in [0.15, 0.2) is 0 Å². The van der Waals surface area contributed by atoms with E-state index in [-0.39, 0.29) is 12.5 Å². The van der Waals surface area contributed by atoms with Gasteiger partial charge in [-0.2, -0.15) is 0 Å². The predicted octanol–water partition coefficient (Wildman–Crippen LogP) is 1.47. The molecule has 1 aromatic carbocycles. The molecule has 0 fully saturated rings. The summed E-state index contributed by atoms with van der Waals surface area (Å²) in [6.07, 6.45) is 0. The number of carbonyl (C=O) groups excluding carboxylic acids is 2. The third kappa shape index (κ3) is 4.87. The van der Waals surface area contributed by atoms with E-state index in [0.717, 1.165) is 5.56 Å². The summed E-state index contributed by atoms with van der Waals surface area (Å²) >= 11 is 5.31. The van der Waals surface area contributed by atoms with Gasteiger partial charge >= 0.3 is 5.97 Å². The number of rotatable bonds is 5. The molecular formula is C12H14ClNO3. The number of amides is 1. The van der Waals surface area contributed by atoms with Crippen LogP contribution in [0.4, 0.5) is 0 Å². The Kier molecular flexibility index (Phi) is 5.49. The first-order valence-electron chi connectivity index (χ1n) is 5.19. The van der Waals surface area contributed by atoms with Crippen molar-refractivity contribution in [2.24, 2.45) is 0 Å². The van der Waals surface area contributed by atoms with Gasteiger partial charge in [-0.1, -0.05) is 30.3 Å². The van der Waals surface area contributed by atoms with Crippen LogP contribution in [0, 0.1) is 0 Å². The molecule has 0 radical (unpaired) electrons. The number of benzene rings is 1. The summed E-state index contributed by atoms with van der Waals surface area (Å²) in [7, 11) is 0. The highest BCUT2D eigenvalue weighted by molar-refractivity contribution is 6.27. The Hall–Kier alpha value is -1.55. The number of alkyl halides is 1. The summed E-state index contributed by atoms with van der Waals surface area (Å²) in [4.78, 5) is 22.4. The monoisotopic (exact) mass is 255 g/mol. The number of esters is 1. The van der Waals surface area contributed by atoms with Crippen LogP contribution in [-0.2, 0) is 20.9 Å². The van der Waals surface area contributed by atoms with Crippen molar-refractivity contribution in [3.63, 3.8) is 0 Å². The smallest absolute Gasteiger partial charge is 0.328 e. The van der Waals surface area contributed by atoms with Gasteiger partial charge in [0.1, 0.15) is 18.5 Å². The molecule has 1 amide bonds. The van der Waals surface area contributed by atoms with Crippen molar-refractivity contribution in [1.82, 2.24) is 5.32 Å². The number of nitrogens with one attached hydrogen (secondary N) is 1. The summed E-state index contributed by atoms with van der Waals surface area (Å²) in [5, 5.41) is 2.42. The van der Waals surface area contributed by atoms with Gasteiger partial charge < -0.3 is 10.1 Å². The van der Waals surface area contributed by atoms with Crippen LogP contribution in [0.15, 0.2) is 30.3 Å². The van der Waals surface area contributed by atoms with E-state index in [2.05, 4.69) is 5.32 Å². The average Bonchev–Trinajstić information content (AvgIpc) is 2.36. The molecule has 1 aromatic rings. The average molecular weight is 256 g/mol. The second-order valence-corrected chi connectivity index (χ2v) is 3.78. The van der Waals surface area contributed by atoms with E-state index in [9.17, 15) is 9.59 Å². The first-order chi connectivity index (χ1) is 8.13. The van der Waals surface area contributed by atoms with Crippen molar-refractivity contribution in [2.45, 2.75) is 19.6 Å². The summed E-state index contributed by atoms with van der Waals surface area (Å²) in [5.41, 5.74) is 0.900. The second kappa shape index (κ2) is 6.91. The number of ether oxygens (including phenoxy) is 1. The minimum atomic E-state index is -0.690. The van der Waals surface area contributed by atoms with Gasteiger partial charge in [-0.25, -0.2) is 4.79 Å². The van der Waals surface area contributed by atoms with Crippen LogP contribution in [0.3, 0.4) is 0 Å². The lowest BCUT2D eigenvalue weighted by molar-refractivity contribution is -0.148. The van der Waals surface area contributed by atoms with E-state index < -0.39 is 17.9 Å². The molecule has 1 unspecified atom stereocenters. The third-order valence-electron chi connectivity index (χ3n) is 2.08. The summed E-state index contributed by atoms with van der Waals surface area (Å²) in [6.45, 7) is 1.75. The van der Waals surface area contributed by atoms with Crippen LogP contribution in [0.1, 0.15) is 12.5 Å². The zero-order valence-electron chi connectivity index (χ0n) is 9.48. The summed E-state index contributed by atoms with van der Waals surface area (Å²) in [6, 6.07) is 8.63. The van der Waals surface area contributed by atoms with Crippen LogP contribution >= 0.6 is 11.6 Å². The lowest BCUT2D eigenvalue weighted by atomic mass is 10.2. The molecule has 0 bridgehead atoms. The summed E-state index contributed by atoms with van der Waals surface area (Å²) < 4.78 is 5.04. The predicted molar refractivity (Wildman–Crippen MR) is 64.6 cm³/mol. The normalized spacial score (nSPS) is 11.6. The Morgan fingerprint density at radius 1 is 1.35 bits per heavy atom. The van der Waals surface area contributed by atoms with E-state index >= 15 is 0 Å². The molecule has 1 atom stereocenters. The Balaban J connectivity index is 2.37. The largest absolute Gasteiger partial charge is 0.459 e. The lowest BCUT2D eigenvalue weighted by Crippen LogP contribution is -2.40. The van der Waals surface area contributed by atoms with Gasteiger partial charge in [-0.15, -0.1) is 11.6 Å². The number of hydrogen-bond donors (Lipinski definition) is 1. The molecule has 1 N–H and O–H groups in total. The maximum absolute atomic E-state index is 11.5. The molecule has 0 saturated heterocycles. The van der Waals surface area contributed by atoms with Crippen molar-refractivity contribution in [2.75, 3.05) is 5.88 Å². The minimum Gasteiger partial charge on any atom is -0.459 e. The van der Waals surface area contributed by atoms with Crippen molar-refractivity contribution < 1.29 is 14.3 Å². The van der Waals surface area contributed by atoms with Crippen LogP contribution in [0.25, 0.3) is 0 Å². The highest BCUT2D eigenvalue weighted by atomic mass is 35.5. The van der Waals surface area contributed by atoms with Gasteiger partial charge in [-0.05, 0) is 12.5 Å². The highest BCUT2D eigenvalue weighted by Gasteiger charge is 2.16. The van der Waals surface area contributed by atoms with E-state index in [1.165, 1.54) is 0 Å². The first-order valence-corrected chi connectivity index (χ1v) is 5.73. The molecule has 0 heterocycles. The lowest BCUT2D eigenvalue weighted by Gasteiger charge is -2.12. The second-order valence-electron chi connectivity index (χ2n) is 3.52. The zero-order chi connectivity index (χ0) is 12.7. The van der Waals surface area contributed by atoms with E-state index in [0.29, 0.717) is 0 Å². The third-order valence-corrected chi connectivity index (χ3v) is 2.32. The van der Waals surface area contributed by atoms with Crippen LogP contribution < -0.4 is 5.32 Å². The maximum Gasteiger partial charge on any atom is 0.328 e. The fourth-order valence-electron chi connectivity index (χ4n) is 1.19. The summed E-state index contributed by atoms with van der Waals surface area (Å²) in [5.74, 6) is -1.04. The van der Waals surface area contributed by atoms with Crippen LogP contribution in [-0.4, -0.2) is 23.8 Å². The standard InChI is InChI=1S/C12H14ClNO3/c1-9(14-11(15)7-13)12(16)17-8-10-5-3-2-4-6-10/h2-6,9H,7-8H2,1H3,(H,14,15). The molecular weight excluding hydrogens is 242 g/mol. The SMILES string of the molecule is CC(NC(=O)CCl)C(=O)OCc1ccccc1. The minimum absolute atomic E-state index is 0.170. The van der Waals surface area contributed by atoms with Crippen molar-refractivity contribution in [3.8, 4) is 0 Å². The van der Waals surface area contributed by atoms with E-state index in [1.54, 1.807) is 6.92 Å². The first kappa shape index (κ1) is 13.5. The van der Waals surface area contributed by atoms with Crippen LogP contribution in [0.5, 0.6) is 0 Å². The number of hydrogen-bond acceptors (Lipinski definition) is 3. The molecule has 0 aliphatic carbocycles. The fourth-order valence-corrected chi connectivity index (χ4v) is 1.27. The van der Waals surface area contributed by atoms with E-state index in [1.807, 2.05) is 30.3 Å². The molecule has 0 saturated carbocycles. The van der Waals surface area contributed by atoms with Crippen molar-refractivity contribution in [1.29, 1.82) is 0 Å². The van der Waals surface area contributed by atoms with Gasteiger partial charge in [0, 0.05) is 0 Å². The van der Waals surface area contributed by atoms with Gasteiger partial charge in [0.25, 0.3) is 0 Å². The molecule has 0 aliphatic rings. The maximum atomic E-state index is 11.5. The van der Waals surface area contributed by atoms with Gasteiger partial charge in [0.05, 0.1) is 0 Å². The number of halogens is 1. The quantitative estimate of drug-likeness (QED) is 0.640. The van der Waals surface area contributed by atoms with Gasteiger partial charge in [-0.3, -0.25) is 4.79 Å².